The Kier molecular flexibility index (Phi) is 4.01. The van der Waals surface area contributed by atoms with Crippen LogP contribution < -0.4 is 10.5 Å². The zero-order valence-corrected chi connectivity index (χ0v) is 11.4. The van der Waals surface area contributed by atoms with Crippen LogP contribution in [0.4, 0.5) is 5.69 Å². The van der Waals surface area contributed by atoms with Crippen LogP contribution in [0.25, 0.3) is 0 Å². The average Bonchev–Trinajstić information content (AvgIpc) is 2.37. The first-order valence-corrected chi connectivity index (χ1v) is 6.21. The van der Waals surface area contributed by atoms with Crippen LogP contribution in [-0.2, 0) is 6.61 Å². The molecule has 0 bridgehead atoms. The summed E-state index contributed by atoms with van der Waals surface area (Å²) in [5.41, 5.74) is 6.65. The molecule has 0 aliphatic heterocycles. The van der Waals surface area contributed by atoms with Crippen LogP contribution in [-0.4, -0.2) is 16.1 Å². The average molecular weight is 323 g/mol. The van der Waals surface area contributed by atoms with Gasteiger partial charge in [-0.3, -0.25) is 0 Å². The van der Waals surface area contributed by atoms with E-state index in [9.17, 15) is 4.79 Å². The lowest BCUT2D eigenvalue weighted by Crippen LogP contribution is -2.06. The van der Waals surface area contributed by atoms with Gasteiger partial charge in [-0.05, 0) is 23.8 Å². The summed E-state index contributed by atoms with van der Waals surface area (Å²) < 4.78 is 6.35. The molecule has 0 atom stereocenters. The van der Waals surface area contributed by atoms with Gasteiger partial charge >= 0.3 is 5.97 Å². The van der Waals surface area contributed by atoms with E-state index in [-0.39, 0.29) is 23.7 Å². The van der Waals surface area contributed by atoms with Gasteiger partial charge in [0.1, 0.15) is 12.2 Å². The number of carboxylic acid groups (broad SMARTS) is 1. The molecule has 5 nitrogen and oxygen atoms in total. The van der Waals surface area contributed by atoms with Gasteiger partial charge in [0, 0.05) is 4.47 Å². The Hall–Kier alpha value is -2.08. The summed E-state index contributed by atoms with van der Waals surface area (Å²) in [5, 5.41) is 9.05. The third kappa shape index (κ3) is 3.45. The number of aromatic nitrogens is 1. The second-order valence-corrected chi connectivity index (χ2v) is 4.76. The summed E-state index contributed by atoms with van der Waals surface area (Å²) in [6, 6.07) is 8.86. The highest BCUT2D eigenvalue weighted by Gasteiger charge is 2.13. The van der Waals surface area contributed by atoms with Gasteiger partial charge in [-0.2, -0.15) is 0 Å². The molecular weight excluding hydrogens is 312 g/mol. The van der Waals surface area contributed by atoms with Gasteiger partial charge in [-0.1, -0.05) is 28.1 Å². The lowest BCUT2D eigenvalue weighted by atomic mass is 10.2. The molecule has 0 spiro atoms. The van der Waals surface area contributed by atoms with Crippen molar-refractivity contribution >= 4 is 27.6 Å². The molecule has 19 heavy (non-hydrogen) atoms. The highest BCUT2D eigenvalue weighted by molar-refractivity contribution is 9.10. The number of benzene rings is 1. The van der Waals surface area contributed by atoms with Gasteiger partial charge < -0.3 is 15.6 Å². The van der Waals surface area contributed by atoms with E-state index < -0.39 is 5.97 Å². The summed E-state index contributed by atoms with van der Waals surface area (Å²) in [7, 11) is 0. The highest BCUT2D eigenvalue weighted by Crippen LogP contribution is 2.20. The summed E-state index contributed by atoms with van der Waals surface area (Å²) in [6.07, 6.45) is 1.36. The Morgan fingerprint density at radius 1 is 1.42 bits per heavy atom. The fourth-order valence-electron chi connectivity index (χ4n) is 1.52. The van der Waals surface area contributed by atoms with Crippen molar-refractivity contribution in [3.8, 4) is 5.88 Å². The number of hydrogen-bond acceptors (Lipinski definition) is 4. The minimum Gasteiger partial charge on any atom is -0.477 e. The van der Waals surface area contributed by atoms with Crippen molar-refractivity contribution in [2.24, 2.45) is 0 Å². The minimum absolute atomic E-state index is 0.0463. The molecule has 0 aliphatic rings. The minimum atomic E-state index is -1.12. The smallest absolute Gasteiger partial charge is 0.341 e. The van der Waals surface area contributed by atoms with Crippen LogP contribution in [0.2, 0.25) is 0 Å². The number of pyridine rings is 1. The lowest BCUT2D eigenvalue weighted by molar-refractivity contribution is 0.0690. The number of nitrogens with two attached hydrogens (primary N) is 1. The van der Waals surface area contributed by atoms with E-state index in [1.807, 2.05) is 24.3 Å². The highest BCUT2D eigenvalue weighted by atomic mass is 79.9. The van der Waals surface area contributed by atoms with Crippen molar-refractivity contribution in [3.63, 3.8) is 0 Å². The Morgan fingerprint density at radius 2 is 2.21 bits per heavy atom. The number of nitrogen functional groups attached to an aromatic ring is 1. The number of anilines is 1. The van der Waals surface area contributed by atoms with E-state index in [0.717, 1.165) is 10.0 Å². The quantitative estimate of drug-likeness (QED) is 0.903. The number of carboxylic acids is 1. The molecule has 0 aliphatic carbocycles. The van der Waals surface area contributed by atoms with E-state index in [1.54, 1.807) is 0 Å². The zero-order chi connectivity index (χ0) is 13.8. The molecule has 98 valence electrons. The van der Waals surface area contributed by atoms with E-state index in [1.165, 1.54) is 12.3 Å². The first kappa shape index (κ1) is 13.4. The third-order valence-electron chi connectivity index (χ3n) is 2.37. The monoisotopic (exact) mass is 322 g/mol. The fraction of sp³-hybridized carbons (Fsp3) is 0.0769. The Labute approximate surface area is 118 Å². The summed E-state index contributed by atoms with van der Waals surface area (Å²) >= 11 is 3.35. The normalized spacial score (nSPS) is 10.2. The van der Waals surface area contributed by atoms with Gasteiger partial charge in [0.25, 0.3) is 0 Å². The fourth-order valence-corrected chi connectivity index (χ4v) is 1.96. The van der Waals surface area contributed by atoms with Crippen molar-refractivity contribution in [1.29, 1.82) is 0 Å². The molecule has 1 aromatic heterocycles. The summed E-state index contributed by atoms with van der Waals surface area (Å²) in [4.78, 5) is 15.0. The maximum Gasteiger partial charge on any atom is 0.341 e. The predicted octanol–water partition coefficient (Wildman–Crippen LogP) is 2.70. The predicted molar refractivity (Wildman–Crippen MR) is 74.1 cm³/mol. The second-order valence-electron chi connectivity index (χ2n) is 3.85. The topological polar surface area (TPSA) is 85.4 Å². The van der Waals surface area contributed by atoms with Crippen molar-refractivity contribution < 1.29 is 14.6 Å². The van der Waals surface area contributed by atoms with Crippen LogP contribution in [0.3, 0.4) is 0 Å². The van der Waals surface area contributed by atoms with Crippen LogP contribution in [0.5, 0.6) is 5.88 Å². The van der Waals surface area contributed by atoms with Crippen LogP contribution in [0.1, 0.15) is 15.9 Å². The van der Waals surface area contributed by atoms with E-state index >= 15 is 0 Å². The van der Waals surface area contributed by atoms with Crippen LogP contribution in [0.15, 0.2) is 41.0 Å². The molecule has 0 unspecified atom stereocenters. The largest absolute Gasteiger partial charge is 0.477 e. The number of halogens is 1. The first-order chi connectivity index (χ1) is 9.06. The van der Waals surface area contributed by atoms with Crippen molar-refractivity contribution in [3.05, 3.63) is 52.1 Å². The Balaban J connectivity index is 2.17. The van der Waals surface area contributed by atoms with E-state index in [4.69, 9.17) is 15.6 Å². The standard InChI is InChI=1S/C13H11BrN2O3/c14-9-3-1-2-8(4-9)7-19-12-11(13(17)18)5-10(15)6-16-12/h1-6H,7,15H2,(H,17,18). The van der Waals surface area contributed by atoms with Gasteiger partial charge in [0.15, 0.2) is 0 Å². The molecule has 0 amide bonds. The molecule has 1 heterocycles. The number of aromatic carboxylic acids is 1. The number of ether oxygens (including phenoxy) is 1. The number of nitrogens with zero attached hydrogens (tertiary/aromatic N) is 1. The SMILES string of the molecule is Nc1cnc(OCc2cccc(Br)c2)c(C(=O)O)c1. The van der Waals surface area contributed by atoms with Crippen molar-refractivity contribution in [2.75, 3.05) is 5.73 Å². The molecular formula is C13H11BrN2O3. The van der Waals surface area contributed by atoms with Gasteiger partial charge in [0.05, 0.1) is 11.9 Å². The van der Waals surface area contributed by atoms with E-state index in [0.29, 0.717) is 0 Å². The lowest BCUT2D eigenvalue weighted by Gasteiger charge is -2.08. The molecule has 0 saturated heterocycles. The molecule has 0 radical (unpaired) electrons. The number of carbonyl (C=O) groups is 1. The Morgan fingerprint density at radius 3 is 2.89 bits per heavy atom. The maximum atomic E-state index is 11.1. The first-order valence-electron chi connectivity index (χ1n) is 5.42. The summed E-state index contributed by atoms with van der Waals surface area (Å²) in [5.74, 6) is -1.06. The Bertz CT molecular complexity index is 617. The molecule has 2 aromatic rings. The molecule has 3 N–H and O–H groups in total. The number of rotatable bonds is 4. The third-order valence-corrected chi connectivity index (χ3v) is 2.86. The summed E-state index contributed by atoms with van der Waals surface area (Å²) in [6.45, 7) is 0.233. The van der Waals surface area contributed by atoms with Gasteiger partial charge in [-0.15, -0.1) is 0 Å². The van der Waals surface area contributed by atoms with Crippen LogP contribution >= 0.6 is 15.9 Å². The maximum absolute atomic E-state index is 11.1. The molecule has 1 aromatic carbocycles. The second kappa shape index (κ2) is 5.71. The molecule has 2 rings (SSSR count). The number of hydrogen-bond donors (Lipinski definition) is 2. The molecule has 0 fully saturated rings. The van der Waals surface area contributed by atoms with Crippen molar-refractivity contribution in [2.45, 2.75) is 6.61 Å². The molecule has 0 saturated carbocycles. The van der Waals surface area contributed by atoms with Gasteiger partial charge in [0.2, 0.25) is 5.88 Å². The zero-order valence-electron chi connectivity index (χ0n) is 9.84. The van der Waals surface area contributed by atoms with E-state index in [2.05, 4.69) is 20.9 Å². The van der Waals surface area contributed by atoms with Gasteiger partial charge in [-0.25, -0.2) is 9.78 Å². The van der Waals surface area contributed by atoms with Crippen molar-refractivity contribution in [1.82, 2.24) is 4.98 Å². The van der Waals surface area contributed by atoms with Crippen LogP contribution in [0, 0.1) is 0 Å². The molecule has 6 heteroatoms.